The summed E-state index contributed by atoms with van der Waals surface area (Å²) in [4.78, 5) is 27.7. The lowest BCUT2D eigenvalue weighted by molar-refractivity contribution is 0.0951. The molecule has 0 fully saturated rings. The molecule has 0 bridgehead atoms. The molecule has 0 saturated heterocycles. The molecule has 8 nitrogen and oxygen atoms in total. The number of nitrogens with one attached hydrogen (secondary N) is 1. The van der Waals surface area contributed by atoms with Gasteiger partial charge in [0.1, 0.15) is 11.5 Å². The second kappa shape index (κ2) is 6.53. The van der Waals surface area contributed by atoms with E-state index in [1.54, 1.807) is 25.1 Å². The van der Waals surface area contributed by atoms with Crippen LogP contribution in [0.15, 0.2) is 39.7 Å². The number of amides is 1. The van der Waals surface area contributed by atoms with E-state index in [0.717, 1.165) is 11.5 Å². The zero-order valence-electron chi connectivity index (χ0n) is 12.2. The van der Waals surface area contributed by atoms with Crippen molar-refractivity contribution < 1.29 is 9.21 Å². The summed E-state index contributed by atoms with van der Waals surface area (Å²) in [6.07, 6.45) is 1.54. The Hall–Kier alpha value is -2.81. The van der Waals surface area contributed by atoms with Gasteiger partial charge in [0.2, 0.25) is 5.01 Å². The summed E-state index contributed by atoms with van der Waals surface area (Å²) in [6, 6.07) is 6.52. The van der Waals surface area contributed by atoms with Gasteiger partial charge in [-0.3, -0.25) is 9.59 Å². The monoisotopic (exact) mass is 331 g/mol. The van der Waals surface area contributed by atoms with Crippen LogP contribution >= 0.6 is 11.5 Å². The second-order valence-corrected chi connectivity index (χ2v) is 5.41. The first kappa shape index (κ1) is 15.1. The van der Waals surface area contributed by atoms with Crippen LogP contribution in [0.2, 0.25) is 0 Å². The smallest absolute Gasteiger partial charge is 0.281 e. The third kappa shape index (κ3) is 3.51. The summed E-state index contributed by atoms with van der Waals surface area (Å²) in [5.41, 5.74) is 0.307. The topological polar surface area (TPSA) is 103 Å². The normalized spacial score (nSPS) is 10.7. The Bertz CT molecular complexity index is 869. The van der Waals surface area contributed by atoms with E-state index < -0.39 is 0 Å². The van der Waals surface area contributed by atoms with E-state index in [0.29, 0.717) is 22.3 Å². The summed E-state index contributed by atoms with van der Waals surface area (Å²) in [5.74, 6) is 0.821. The maximum absolute atomic E-state index is 11.9. The minimum absolute atomic E-state index is 0.247. The summed E-state index contributed by atoms with van der Waals surface area (Å²) < 4.78 is 10.5. The van der Waals surface area contributed by atoms with Crippen molar-refractivity contribution in [3.63, 3.8) is 0 Å². The molecule has 23 heavy (non-hydrogen) atoms. The van der Waals surface area contributed by atoms with Gasteiger partial charge in [-0.2, -0.15) is 9.47 Å². The lowest BCUT2D eigenvalue weighted by Crippen LogP contribution is -2.31. The third-order valence-electron chi connectivity index (χ3n) is 2.97. The number of carbonyl (C=O) groups excluding carboxylic acids is 1. The SMILES string of the molecule is Cc1nsc(C(=O)NCCn2nc(-c3ccco3)ccc2=O)n1. The zero-order chi connectivity index (χ0) is 16.2. The van der Waals surface area contributed by atoms with E-state index in [9.17, 15) is 9.59 Å². The third-order valence-corrected chi connectivity index (χ3v) is 3.78. The highest BCUT2D eigenvalue weighted by molar-refractivity contribution is 7.07. The molecule has 0 aliphatic heterocycles. The molecule has 0 unspecified atom stereocenters. The molecule has 0 aromatic carbocycles. The summed E-state index contributed by atoms with van der Waals surface area (Å²) in [6.45, 7) is 2.22. The van der Waals surface area contributed by atoms with Gasteiger partial charge in [-0.1, -0.05) is 0 Å². The molecule has 1 amide bonds. The van der Waals surface area contributed by atoms with Crippen molar-refractivity contribution in [2.45, 2.75) is 13.5 Å². The predicted octanol–water partition coefficient (Wildman–Crippen LogP) is 1.09. The lowest BCUT2D eigenvalue weighted by atomic mass is 10.3. The first-order chi connectivity index (χ1) is 11.1. The van der Waals surface area contributed by atoms with Gasteiger partial charge in [0.05, 0.1) is 12.8 Å². The Morgan fingerprint density at radius 2 is 2.26 bits per heavy atom. The maximum atomic E-state index is 11.9. The van der Waals surface area contributed by atoms with Crippen molar-refractivity contribution in [2.75, 3.05) is 6.54 Å². The van der Waals surface area contributed by atoms with Gasteiger partial charge in [0, 0.05) is 12.6 Å². The summed E-state index contributed by atoms with van der Waals surface area (Å²) in [7, 11) is 0. The summed E-state index contributed by atoms with van der Waals surface area (Å²) >= 11 is 1.04. The molecule has 3 aromatic heterocycles. The number of rotatable bonds is 5. The zero-order valence-corrected chi connectivity index (χ0v) is 13.0. The van der Waals surface area contributed by atoms with Crippen LogP contribution in [0.3, 0.4) is 0 Å². The maximum Gasteiger partial charge on any atom is 0.281 e. The molecule has 0 saturated carbocycles. The number of aryl methyl sites for hydroxylation is 1. The van der Waals surface area contributed by atoms with E-state index in [-0.39, 0.29) is 24.6 Å². The molecule has 0 spiro atoms. The Morgan fingerprint density at radius 3 is 2.96 bits per heavy atom. The fourth-order valence-electron chi connectivity index (χ4n) is 1.91. The van der Waals surface area contributed by atoms with Crippen LogP contribution < -0.4 is 10.9 Å². The van der Waals surface area contributed by atoms with E-state index in [1.165, 1.54) is 17.0 Å². The van der Waals surface area contributed by atoms with E-state index >= 15 is 0 Å². The highest BCUT2D eigenvalue weighted by atomic mass is 32.1. The molecule has 0 aliphatic carbocycles. The minimum Gasteiger partial charge on any atom is -0.463 e. The molecule has 118 valence electrons. The van der Waals surface area contributed by atoms with Crippen LogP contribution in [0.25, 0.3) is 11.5 Å². The van der Waals surface area contributed by atoms with E-state index in [2.05, 4.69) is 19.8 Å². The van der Waals surface area contributed by atoms with Crippen molar-refractivity contribution in [1.29, 1.82) is 0 Å². The number of hydrogen-bond donors (Lipinski definition) is 1. The first-order valence-electron chi connectivity index (χ1n) is 6.84. The van der Waals surface area contributed by atoms with Crippen molar-refractivity contribution in [1.82, 2.24) is 24.5 Å². The van der Waals surface area contributed by atoms with E-state index in [1.807, 2.05) is 0 Å². The van der Waals surface area contributed by atoms with Gasteiger partial charge >= 0.3 is 0 Å². The molecule has 3 aromatic rings. The van der Waals surface area contributed by atoms with Crippen LogP contribution in [0.5, 0.6) is 0 Å². The largest absolute Gasteiger partial charge is 0.463 e. The number of furan rings is 1. The predicted molar refractivity (Wildman–Crippen MR) is 83.2 cm³/mol. The fraction of sp³-hybridized carbons (Fsp3) is 0.214. The molecule has 9 heteroatoms. The molecule has 0 atom stereocenters. The van der Waals surface area contributed by atoms with Crippen LogP contribution in [0, 0.1) is 6.92 Å². The molecule has 0 radical (unpaired) electrons. The quantitative estimate of drug-likeness (QED) is 0.751. The van der Waals surface area contributed by atoms with Gasteiger partial charge < -0.3 is 9.73 Å². The van der Waals surface area contributed by atoms with Gasteiger partial charge in [0.15, 0.2) is 5.76 Å². The fourth-order valence-corrected chi connectivity index (χ4v) is 2.49. The minimum atomic E-state index is -0.314. The highest BCUT2D eigenvalue weighted by Crippen LogP contribution is 2.14. The van der Waals surface area contributed by atoms with E-state index in [4.69, 9.17) is 4.42 Å². The molecule has 3 rings (SSSR count). The van der Waals surface area contributed by atoms with Crippen LogP contribution in [-0.2, 0) is 6.54 Å². The van der Waals surface area contributed by atoms with Crippen molar-refractivity contribution in [2.24, 2.45) is 0 Å². The van der Waals surface area contributed by atoms with Gasteiger partial charge in [-0.05, 0) is 36.7 Å². The highest BCUT2D eigenvalue weighted by Gasteiger charge is 2.11. The number of carbonyl (C=O) groups is 1. The Labute approximate surface area is 135 Å². The van der Waals surface area contributed by atoms with Gasteiger partial charge in [-0.15, -0.1) is 0 Å². The second-order valence-electron chi connectivity index (χ2n) is 4.66. The standard InChI is InChI=1S/C14H13N5O3S/c1-9-16-14(23-18-9)13(21)15-6-7-19-12(20)5-4-10(17-19)11-3-2-8-22-11/h2-5,8H,6-7H2,1H3,(H,15,21). The Kier molecular flexibility index (Phi) is 4.29. The molecule has 0 aliphatic rings. The Morgan fingerprint density at radius 1 is 1.39 bits per heavy atom. The molecule has 1 N–H and O–H groups in total. The van der Waals surface area contributed by atoms with Crippen LogP contribution in [0.1, 0.15) is 15.6 Å². The van der Waals surface area contributed by atoms with Crippen LogP contribution in [0.4, 0.5) is 0 Å². The average molecular weight is 331 g/mol. The van der Waals surface area contributed by atoms with Crippen molar-refractivity contribution in [3.05, 3.63) is 51.7 Å². The number of hydrogen-bond acceptors (Lipinski definition) is 7. The average Bonchev–Trinajstić information content (AvgIpc) is 3.20. The van der Waals surface area contributed by atoms with Crippen molar-refractivity contribution >= 4 is 17.4 Å². The van der Waals surface area contributed by atoms with Gasteiger partial charge in [0.25, 0.3) is 11.5 Å². The van der Waals surface area contributed by atoms with Crippen LogP contribution in [-0.4, -0.2) is 31.6 Å². The summed E-state index contributed by atoms with van der Waals surface area (Å²) in [5, 5.41) is 7.21. The first-order valence-corrected chi connectivity index (χ1v) is 7.61. The molecule has 3 heterocycles. The van der Waals surface area contributed by atoms with Gasteiger partial charge in [-0.25, -0.2) is 9.67 Å². The molecular weight excluding hydrogens is 318 g/mol. The number of aromatic nitrogens is 4. The number of nitrogens with zero attached hydrogens (tertiary/aromatic N) is 4. The van der Waals surface area contributed by atoms with Crippen molar-refractivity contribution in [3.8, 4) is 11.5 Å². The Balaban J connectivity index is 1.65. The molecular formula is C14H13N5O3S. The lowest BCUT2D eigenvalue weighted by Gasteiger charge is -2.06.